The van der Waals surface area contributed by atoms with Crippen molar-refractivity contribution in [2.24, 2.45) is 0 Å². The molecule has 21 heavy (non-hydrogen) atoms. The molecule has 2 unspecified atom stereocenters. The van der Waals surface area contributed by atoms with Gasteiger partial charge < -0.3 is 10.1 Å². The van der Waals surface area contributed by atoms with E-state index < -0.39 is 0 Å². The molecule has 2 rings (SSSR count). The van der Waals surface area contributed by atoms with Crippen molar-refractivity contribution in [3.63, 3.8) is 0 Å². The minimum absolute atomic E-state index is 0.413. The largest absolute Gasteiger partial charge is 0.494 e. The van der Waals surface area contributed by atoms with E-state index in [0.717, 1.165) is 37.9 Å². The lowest BCUT2D eigenvalue weighted by atomic mass is 10.1. The minimum atomic E-state index is 0.413. The second-order valence-corrected chi connectivity index (χ2v) is 6.01. The highest BCUT2D eigenvalue weighted by atomic mass is 16.5. The van der Waals surface area contributed by atoms with Gasteiger partial charge in [0, 0.05) is 18.6 Å². The van der Waals surface area contributed by atoms with Gasteiger partial charge in [0.15, 0.2) is 0 Å². The van der Waals surface area contributed by atoms with Crippen molar-refractivity contribution in [1.82, 2.24) is 10.2 Å². The highest BCUT2D eigenvalue weighted by Crippen LogP contribution is 2.23. The number of benzene rings is 1. The van der Waals surface area contributed by atoms with Crippen LogP contribution in [-0.2, 0) is 0 Å². The first kappa shape index (κ1) is 16.3. The molecule has 0 aliphatic carbocycles. The highest BCUT2D eigenvalue weighted by molar-refractivity contribution is 5.29. The van der Waals surface area contributed by atoms with Crippen molar-refractivity contribution in [1.29, 1.82) is 0 Å². The summed E-state index contributed by atoms with van der Waals surface area (Å²) in [7, 11) is 0. The van der Waals surface area contributed by atoms with E-state index in [9.17, 15) is 0 Å². The third-order valence-electron chi connectivity index (χ3n) is 4.31. The predicted octanol–water partition coefficient (Wildman–Crippen LogP) is 3.61. The molecule has 1 aliphatic heterocycles. The topological polar surface area (TPSA) is 24.5 Å². The number of hydrogen-bond acceptors (Lipinski definition) is 3. The van der Waals surface area contributed by atoms with Crippen LogP contribution in [0.4, 0.5) is 0 Å². The first-order chi connectivity index (χ1) is 10.2. The van der Waals surface area contributed by atoms with Crippen LogP contribution in [-0.4, -0.2) is 37.2 Å². The summed E-state index contributed by atoms with van der Waals surface area (Å²) < 4.78 is 5.67. The molecule has 3 nitrogen and oxygen atoms in total. The first-order valence-electron chi connectivity index (χ1n) is 8.44. The molecule has 1 saturated heterocycles. The van der Waals surface area contributed by atoms with Crippen molar-refractivity contribution >= 4 is 0 Å². The van der Waals surface area contributed by atoms with E-state index in [0.29, 0.717) is 6.04 Å². The lowest BCUT2D eigenvalue weighted by Crippen LogP contribution is -2.37. The number of likely N-dealkylation sites (N-methyl/N-ethyl adjacent to an activating group) is 1. The van der Waals surface area contributed by atoms with Crippen molar-refractivity contribution in [3.05, 3.63) is 29.8 Å². The van der Waals surface area contributed by atoms with Gasteiger partial charge in [-0.25, -0.2) is 0 Å². The van der Waals surface area contributed by atoms with Gasteiger partial charge >= 0.3 is 0 Å². The Kier molecular flexibility index (Phi) is 6.52. The lowest BCUT2D eigenvalue weighted by Gasteiger charge is -2.28. The van der Waals surface area contributed by atoms with Crippen molar-refractivity contribution in [2.45, 2.75) is 52.1 Å². The lowest BCUT2D eigenvalue weighted by molar-refractivity contribution is 0.238. The molecule has 3 heteroatoms. The summed E-state index contributed by atoms with van der Waals surface area (Å²) in [5.41, 5.74) is 1.36. The number of nitrogens with zero attached hydrogens (tertiary/aromatic N) is 1. The van der Waals surface area contributed by atoms with Crippen LogP contribution in [0, 0.1) is 0 Å². The maximum atomic E-state index is 5.67. The smallest absolute Gasteiger partial charge is 0.119 e. The zero-order valence-corrected chi connectivity index (χ0v) is 13.8. The summed E-state index contributed by atoms with van der Waals surface area (Å²) in [5.74, 6) is 0.977. The molecule has 2 atom stereocenters. The molecule has 1 fully saturated rings. The fourth-order valence-corrected chi connectivity index (χ4v) is 3.05. The molecular weight excluding hydrogens is 260 g/mol. The third-order valence-corrected chi connectivity index (χ3v) is 4.31. The normalized spacial score (nSPS) is 20.6. The maximum Gasteiger partial charge on any atom is 0.119 e. The first-order valence-corrected chi connectivity index (χ1v) is 8.44. The molecule has 0 aromatic heterocycles. The van der Waals surface area contributed by atoms with Crippen LogP contribution < -0.4 is 10.1 Å². The molecule has 0 radical (unpaired) electrons. The molecule has 0 amide bonds. The van der Waals surface area contributed by atoms with Crippen LogP contribution in [0.15, 0.2) is 24.3 Å². The molecule has 1 heterocycles. The molecule has 0 bridgehead atoms. The van der Waals surface area contributed by atoms with Gasteiger partial charge in [0.05, 0.1) is 6.61 Å². The molecule has 1 N–H and O–H groups in total. The van der Waals surface area contributed by atoms with E-state index in [2.05, 4.69) is 55.3 Å². The number of hydrogen-bond donors (Lipinski definition) is 1. The van der Waals surface area contributed by atoms with E-state index in [-0.39, 0.29) is 0 Å². The van der Waals surface area contributed by atoms with E-state index >= 15 is 0 Å². The van der Waals surface area contributed by atoms with Crippen molar-refractivity contribution in [3.8, 4) is 5.75 Å². The van der Waals surface area contributed by atoms with Crippen LogP contribution in [0.25, 0.3) is 0 Å². The van der Waals surface area contributed by atoms with Gasteiger partial charge in [-0.3, -0.25) is 4.90 Å². The Labute approximate surface area is 129 Å². The van der Waals surface area contributed by atoms with Gasteiger partial charge in [-0.05, 0) is 57.0 Å². The average molecular weight is 290 g/mol. The monoisotopic (exact) mass is 290 g/mol. The quantitative estimate of drug-likeness (QED) is 0.791. The molecule has 1 aliphatic rings. The Morgan fingerprint density at radius 1 is 1.29 bits per heavy atom. The Morgan fingerprint density at radius 2 is 2.05 bits per heavy atom. The third kappa shape index (κ3) is 4.72. The summed E-state index contributed by atoms with van der Waals surface area (Å²) in [6, 6.07) is 9.75. The standard InChI is InChI=1S/C18H30N2O/c1-4-13-21-17-10-8-16(9-11-17)18(19-5-2)14-20-12-6-7-15(20)3/h8-11,15,18-19H,4-7,12-14H2,1-3H3. The average Bonchev–Trinajstić information content (AvgIpc) is 2.90. The fourth-order valence-electron chi connectivity index (χ4n) is 3.05. The molecule has 1 aromatic rings. The van der Waals surface area contributed by atoms with Crippen molar-refractivity contribution in [2.75, 3.05) is 26.2 Å². The summed E-state index contributed by atoms with van der Waals surface area (Å²) >= 11 is 0. The second kappa shape index (κ2) is 8.40. The molecular formula is C18H30N2O. The van der Waals surface area contributed by atoms with Crippen molar-refractivity contribution < 1.29 is 4.74 Å². The fraction of sp³-hybridized carbons (Fsp3) is 0.667. The number of nitrogens with one attached hydrogen (secondary N) is 1. The molecule has 1 aromatic carbocycles. The minimum Gasteiger partial charge on any atom is -0.494 e. The zero-order valence-electron chi connectivity index (χ0n) is 13.8. The van der Waals surface area contributed by atoms with Crippen LogP contribution in [0.1, 0.15) is 51.6 Å². The van der Waals surface area contributed by atoms with Crippen LogP contribution in [0.2, 0.25) is 0 Å². The molecule has 0 saturated carbocycles. The Morgan fingerprint density at radius 3 is 2.62 bits per heavy atom. The SMILES string of the molecule is CCCOc1ccc(C(CN2CCCC2C)NCC)cc1. The van der Waals surface area contributed by atoms with Gasteiger partial charge in [0.2, 0.25) is 0 Å². The number of likely N-dealkylation sites (tertiary alicyclic amines) is 1. The summed E-state index contributed by atoms with van der Waals surface area (Å²) in [6.45, 7) is 10.8. The highest BCUT2D eigenvalue weighted by Gasteiger charge is 2.23. The Bertz CT molecular complexity index is 404. The van der Waals surface area contributed by atoms with Gasteiger partial charge in [0.25, 0.3) is 0 Å². The Hall–Kier alpha value is -1.06. The van der Waals surface area contributed by atoms with Crippen LogP contribution in [0.5, 0.6) is 5.75 Å². The van der Waals surface area contributed by atoms with Gasteiger partial charge in [-0.15, -0.1) is 0 Å². The van der Waals surface area contributed by atoms with Gasteiger partial charge in [-0.2, -0.15) is 0 Å². The number of ether oxygens (including phenoxy) is 1. The van der Waals surface area contributed by atoms with Gasteiger partial charge in [0.1, 0.15) is 5.75 Å². The molecule has 118 valence electrons. The zero-order chi connectivity index (χ0) is 15.1. The maximum absolute atomic E-state index is 5.67. The predicted molar refractivity (Wildman–Crippen MR) is 88.9 cm³/mol. The molecule has 0 spiro atoms. The second-order valence-electron chi connectivity index (χ2n) is 6.01. The van der Waals surface area contributed by atoms with Gasteiger partial charge in [-0.1, -0.05) is 26.0 Å². The number of rotatable bonds is 8. The van der Waals surface area contributed by atoms with E-state index in [1.165, 1.54) is 24.9 Å². The summed E-state index contributed by atoms with van der Waals surface area (Å²) in [5, 5.41) is 3.63. The summed E-state index contributed by atoms with van der Waals surface area (Å²) in [6.07, 6.45) is 3.72. The van der Waals surface area contributed by atoms with E-state index in [1.54, 1.807) is 0 Å². The Balaban J connectivity index is 1.99. The summed E-state index contributed by atoms with van der Waals surface area (Å²) in [4.78, 5) is 2.61. The van der Waals surface area contributed by atoms with E-state index in [1.807, 2.05) is 0 Å². The van der Waals surface area contributed by atoms with Crippen LogP contribution >= 0.6 is 0 Å². The van der Waals surface area contributed by atoms with Crippen LogP contribution in [0.3, 0.4) is 0 Å². The van der Waals surface area contributed by atoms with E-state index in [4.69, 9.17) is 4.74 Å².